The number of guanidine groups is 1. The van der Waals surface area contributed by atoms with E-state index in [0.717, 1.165) is 62.0 Å². The number of benzene rings is 2. The van der Waals surface area contributed by atoms with Crippen molar-refractivity contribution in [2.45, 2.75) is 25.3 Å². The minimum absolute atomic E-state index is 0. The molecule has 8 heteroatoms. The van der Waals surface area contributed by atoms with Gasteiger partial charge in [0.05, 0.1) is 14.2 Å². The van der Waals surface area contributed by atoms with Gasteiger partial charge in [0.15, 0.2) is 5.96 Å². The van der Waals surface area contributed by atoms with Crippen LogP contribution < -0.4 is 25.0 Å². The first kappa shape index (κ1) is 24.9. The minimum atomic E-state index is 0. The fourth-order valence-electron chi connectivity index (χ4n) is 3.64. The Labute approximate surface area is 201 Å². The summed E-state index contributed by atoms with van der Waals surface area (Å²) in [6, 6.07) is 13.7. The summed E-state index contributed by atoms with van der Waals surface area (Å²) in [4.78, 5) is 6.70. The van der Waals surface area contributed by atoms with Crippen molar-refractivity contribution in [3.63, 3.8) is 0 Å². The molecular formula is C23H33IN4O3. The van der Waals surface area contributed by atoms with Crippen LogP contribution in [0.15, 0.2) is 47.5 Å². The van der Waals surface area contributed by atoms with Crippen LogP contribution in [0.1, 0.15) is 18.4 Å². The first-order valence-corrected chi connectivity index (χ1v) is 10.3. The number of anilines is 1. The Morgan fingerprint density at radius 3 is 2.42 bits per heavy atom. The predicted molar refractivity (Wildman–Crippen MR) is 137 cm³/mol. The van der Waals surface area contributed by atoms with Gasteiger partial charge in [0, 0.05) is 56.6 Å². The number of hydrogen-bond acceptors (Lipinski definition) is 5. The quantitative estimate of drug-likeness (QED) is 0.206. The number of nitrogens with zero attached hydrogens (tertiary/aromatic N) is 2. The Bertz CT molecular complexity index is 823. The van der Waals surface area contributed by atoms with Gasteiger partial charge >= 0.3 is 0 Å². The lowest BCUT2D eigenvalue weighted by Gasteiger charge is -2.21. The third kappa shape index (κ3) is 7.37. The highest BCUT2D eigenvalue weighted by Crippen LogP contribution is 2.30. The molecule has 0 bridgehead atoms. The maximum Gasteiger partial charge on any atom is 0.191 e. The topological polar surface area (TPSA) is 78.4 Å². The van der Waals surface area contributed by atoms with Crippen LogP contribution in [0.2, 0.25) is 0 Å². The first-order valence-electron chi connectivity index (χ1n) is 10.3. The number of aromatic hydroxyl groups is 1. The molecule has 1 aliphatic heterocycles. The number of rotatable bonds is 8. The van der Waals surface area contributed by atoms with Gasteiger partial charge in [0.1, 0.15) is 17.2 Å². The Hall–Kier alpha value is -2.36. The molecule has 0 aliphatic carbocycles. The fraction of sp³-hybridized carbons (Fsp3) is 0.435. The molecule has 1 atom stereocenters. The van der Waals surface area contributed by atoms with Crippen LogP contribution in [-0.4, -0.2) is 58.0 Å². The predicted octanol–water partition coefficient (Wildman–Crippen LogP) is 3.40. The molecule has 3 N–H and O–H groups in total. The molecule has 0 radical (unpaired) electrons. The lowest BCUT2D eigenvalue weighted by molar-refractivity contribution is 0.394. The van der Waals surface area contributed by atoms with Gasteiger partial charge in [-0.05, 0) is 37.0 Å². The summed E-state index contributed by atoms with van der Waals surface area (Å²) >= 11 is 0. The van der Waals surface area contributed by atoms with Crippen LogP contribution in [0.4, 0.5) is 5.69 Å². The Balaban J connectivity index is 0.00000341. The molecule has 1 saturated heterocycles. The van der Waals surface area contributed by atoms with Crippen LogP contribution in [0.3, 0.4) is 0 Å². The van der Waals surface area contributed by atoms with Crippen molar-refractivity contribution < 1.29 is 14.6 Å². The van der Waals surface area contributed by atoms with E-state index in [1.54, 1.807) is 33.4 Å². The van der Waals surface area contributed by atoms with Gasteiger partial charge in [-0.25, -0.2) is 0 Å². The third-order valence-electron chi connectivity index (χ3n) is 5.33. The molecule has 2 aromatic rings. The minimum Gasteiger partial charge on any atom is -0.508 e. The zero-order chi connectivity index (χ0) is 21.3. The molecular weight excluding hydrogens is 507 g/mol. The number of aliphatic imine (C=N–C) groups is 1. The van der Waals surface area contributed by atoms with Crippen LogP contribution >= 0.6 is 24.0 Å². The smallest absolute Gasteiger partial charge is 0.191 e. The fourth-order valence-corrected chi connectivity index (χ4v) is 3.64. The SMILES string of the molecule is CN=C(NCCCc1ccc(O)cc1)NC1CCN(c2cc(OC)cc(OC)c2)C1.I. The van der Waals surface area contributed by atoms with E-state index in [2.05, 4.69) is 20.5 Å². The van der Waals surface area contributed by atoms with Crippen LogP contribution in [0, 0.1) is 0 Å². The third-order valence-corrected chi connectivity index (χ3v) is 5.33. The van der Waals surface area contributed by atoms with Crippen molar-refractivity contribution in [1.29, 1.82) is 0 Å². The summed E-state index contributed by atoms with van der Waals surface area (Å²) in [7, 11) is 5.14. The standard InChI is InChI=1S/C23H32N4O3.HI/c1-24-23(25-11-4-5-17-6-8-20(28)9-7-17)26-18-10-12-27(16-18)19-13-21(29-2)15-22(14-19)30-3;/h6-9,13-15,18,28H,4-5,10-12,16H2,1-3H3,(H2,24,25,26);1H. The van der Waals surface area contributed by atoms with Gasteiger partial charge in [-0.2, -0.15) is 0 Å². The summed E-state index contributed by atoms with van der Waals surface area (Å²) in [5.74, 6) is 2.73. The summed E-state index contributed by atoms with van der Waals surface area (Å²) in [6.45, 7) is 2.69. The van der Waals surface area contributed by atoms with Crippen molar-refractivity contribution in [3.05, 3.63) is 48.0 Å². The molecule has 0 amide bonds. The van der Waals surface area contributed by atoms with Gasteiger partial charge in [0.25, 0.3) is 0 Å². The molecule has 7 nitrogen and oxygen atoms in total. The maximum atomic E-state index is 9.36. The lowest BCUT2D eigenvalue weighted by atomic mass is 10.1. The average Bonchev–Trinajstić information content (AvgIpc) is 3.25. The van der Waals surface area contributed by atoms with E-state index in [0.29, 0.717) is 11.8 Å². The number of aryl methyl sites for hydroxylation is 1. The van der Waals surface area contributed by atoms with E-state index in [-0.39, 0.29) is 24.0 Å². The maximum absolute atomic E-state index is 9.36. The lowest BCUT2D eigenvalue weighted by Crippen LogP contribution is -2.44. The average molecular weight is 540 g/mol. The summed E-state index contributed by atoms with van der Waals surface area (Å²) < 4.78 is 10.8. The number of methoxy groups -OCH3 is 2. The van der Waals surface area contributed by atoms with E-state index in [1.165, 1.54) is 5.56 Å². The number of hydrogen-bond donors (Lipinski definition) is 3. The largest absolute Gasteiger partial charge is 0.508 e. The monoisotopic (exact) mass is 540 g/mol. The Morgan fingerprint density at radius 1 is 1.13 bits per heavy atom. The van der Waals surface area contributed by atoms with Crippen molar-refractivity contribution >= 4 is 35.6 Å². The summed E-state index contributed by atoms with van der Waals surface area (Å²) in [6.07, 6.45) is 2.98. The van der Waals surface area contributed by atoms with Crippen molar-refractivity contribution in [3.8, 4) is 17.2 Å². The number of ether oxygens (including phenoxy) is 2. The molecule has 0 aromatic heterocycles. The molecule has 0 saturated carbocycles. The second kappa shape index (κ2) is 12.5. The molecule has 3 rings (SSSR count). The van der Waals surface area contributed by atoms with E-state index >= 15 is 0 Å². The van der Waals surface area contributed by atoms with Crippen LogP contribution in [-0.2, 0) is 6.42 Å². The molecule has 0 spiro atoms. The van der Waals surface area contributed by atoms with E-state index < -0.39 is 0 Å². The molecule has 2 aromatic carbocycles. The van der Waals surface area contributed by atoms with E-state index in [1.807, 2.05) is 30.3 Å². The van der Waals surface area contributed by atoms with Crippen LogP contribution in [0.25, 0.3) is 0 Å². The molecule has 1 aliphatic rings. The number of nitrogens with one attached hydrogen (secondary N) is 2. The van der Waals surface area contributed by atoms with Gasteiger partial charge in [-0.15, -0.1) is 24.0 Å². The van der Waals surface area contributed by atoms with Gasteiger partial charge in [-0.3, -0.25) is 4.99 Å². The molecule has 170 valence electrons. The highest BCUT2D eigenvalue weighted by molar-refractivity contribution is 14.0. The van der Waals surface area contributed by atoms with Gasteiger partial charge in [-0.1, -0.05) is 12.1 Å². The van der Waals surface area contributed by atoms with E-state index in [9.17, 15) is 5.11 Å². The summed E-state index contributed by atoms with van der Waals surface area (Å²) in [5, 5.41) is 16.3. The number of phenolic OH excluding ortho intramolecular Hbond substituents is 1. The first-order chi connectivity index (χ1) is 14.6. The molecule has 31 heavy (non-hydrogen) atoms. The second-order valence-corrected chi connectivity index (χ2v) is 7.42. The Morgan fingerprint density at radius 2 is 1.81 bits per heavy atom. The van der Waals surface area contributed by atoms with Crippen molar-refractivity contribution in [2.24, 2.45) is 4.99 Å². The van der Waals surface area contributed by atoms with Crippen LogP contribution in [0.5, 0.6) is 17.2 Å². The molecule has 1 unspecified atom stereocenters. The zero-order valence-electron chi connectivity index (χ0n) is 18.4. The highest BCUT2D eigenvalue weighted by Gasteiger charge is 2.24. The van der Waals surface area contributed by atoms with Gasteiger partial charge < -0.3 is 30.1 Å². The molecule has 1 fully saturated rings. The normalized spacial score (nSPS) is 15.9. The second-order valence-electron chi connectivity index (χ2n) is 7.42. The molecule has 1 heterocycles. The number of phenols is 1. The van der Waals surface area contributed by atoms with Crippen molar-refractivity contribution in [1.82, 2.24) is 10.6 Å². The Kier molecular flexibility index (Phi) is 10.0. The summed E-state index contributed by atoms with van der Waals surface area (Å²) in [5.41, 5.74) is 2.32. The highest BCUT2D eigenvalue weighted by atomic mass is 127. The zero-order valence-corrected chi connectivity index (χ0v) is 20.8. The van der Waals surface area contributed by atoms with Crippen molar-refractivity contribution in [2.75, 3.05) is 45.8 Å². The van der Waals surface area contributed by atoms with Gasteiger partial charge in [0.2, 0.25) is 0 Å². The number of halogens is 1. The van der Waals surface area contributed by atoms with E-state index in [4.69, 9.17) is 9.47 Å².